The summed E-state index contributed by atoms with van der Waals surface area (Å²) in [6, 6.07) is 0. The number of hydrogen-bond acceptors (Lipinski definition) is 1. The van der Waals surface area contributed by atoms with Crippen molar-refractivity contribution in [2.75, 3.05) is 0 Å². The van der Waals surface area contributed by atoms with Gasteiger partial charge in [-0.1, -0.05) is 19.8 Å². The van der Waals surface area contributed by atoms with E-state index in [0.29, 0.717) is 11.3 Å². The molecule has 5 fully saturated rings. The van der Waals surface area contributed by atoms with E-state index in [2.05, 4.69) is 6.92 Å². The number of hydrogen-bond donors (Lipinski definition) is 1. The standard InChI is InChI=1S/C18H30O/c1-12-3-2-4-16(5-12)17(19)18-9-13-6-14(10-18)8-15(7-13)11-18/h12-17,19H,2-11H2,1H3. The topological polar surface area (TPSA) is 20.2 Å². The van der Waals surface area contributed by atoms with Gasteiger partial charge < -0.3 is 5.11 Å². The number of rotatable bonds is 2. The van der Waals surface area contributed by atoms with Gasteiger partial charge in [-0.2, -0.15) is 0 Å². The molecule has 3 unspecified atom stereocenters. The Balaban J connectivity index is 1.54. The molecule has 0 aliphatic heterocycles. The molecular weight excluding hydrogens is 232 g/mol. The third kappa shape index (κ3) is 2.07. The third-order valence-corrected chi connectivity index (χ3v) is 7.14. The predicted molar refractivity (Wildman–Crippen MR) is 77.7 cm³/mol. The van der Waals surface area contributed by atoms with Crippen molar-refractivity contribution in [3.05, 3.63) is 0 Å². The van der Waals surface area contributed by atoms with E-state index in [0.717, 1.165) is 23.7 Å². The molecule has 0 amide bonds. The Hall–Kier alpha value is -0.0400. The van der Waals surface area contributed by atoms with Crippen LogP contribution in [0.3, 0.4) is 0 Å². The van der Waals surface area contributed by atoms with Gasteiger partial charge in [0.05, 0.1) is 6.10 Å². The summed E-state index contributed by atoms with van der Waals surface area (Å²) in [5, 5.41) is 11.2. The van der Waals surface area contributed by atoms with Gasteiger partial charge in [-0.3, -0.25) is 0 Å². The normalized spacial score (nSPS) is 54.3. The fraction of sp³-hybridized carbons (Fsp3) is 1.00. The molecule has 19 heavy (non-hydrogen) atoms. The second-order valence-corrected chi connectivity index (χ2v) is 8.76. The molecule has 5 rings (SSSR count). The first-order valence-corrected chi connectivity index (χ1v) is 8.83. The van der Waals surface area contributed by atoms with Gasteiger partial charge in [0.25, 0.3) is 0 Å². The summed E-state index contributed by atoms with van der Waals surface area (Å²) in [4.78, 5) is 0. The molecule has 5 aliphatic rings. The highest BCUT2D eigenvalue weighted by Gasteiger charge is 2.55. The lowest BCUT2D eigenvalue weighted by Crippen LogP contribution is -2.54. The maximum atomic E-state index is 11.2. The Morgan fingerprint density at radius 3 is 2.00 bits per heavy atom. The summed E-state index contributed by atoms with van der Waals surface area (Å²) >= 11 is 0. The molecule has 0 heterocycles. The lowest BCUT2D eigenvalue weighted by molar-refractivity contribution is -0.143. The van der Waals surface area contributed by atoms with E-state index >= 15 is 0 Å². The van der Waals surface area contributed by atoms with Crippen LogP contribution in [0.15, 0.2) is 0 Å². The average Bonchev–Trinajstić information content (AvgIpc) is 2.36. The van der Waals surface area contributed by atoms with Crippen molar-refractivity contribution in [2.24, 2.45) is 35.0 Å². The van der Waals surface area contributed by atoms with Gasteiger partial charge in [-0.15, -0.1) is 0 Å². The second kappa shape index (κ2) is 4.48. The molecule has 1 N–H and O–H groups in total. The number of aliphatic hydroxyl groups excluding tert-OH is 1. The Bertz CT molecular complexity index is 312. The van der Waals surface area contributed by atoms with Gasteiger partial charge in [0.15, 0.2) is 0 Å². The lowest BCUT2D eigenvalue weighted by atomic mass is 9.47. The summed E-state index contributed by atoms with van der Waals surface area (Å²) in [6.45, 7) is 2.39. The van der Waals surface area contributed by atoms with Gasteiger partial charge in [0.2, 0.25) is 0 Å². The summed E-state index contributed by atoms with van der Waals surface area (Å²) < 4.78 is 0. The van der Waals surface area contributed by atoms with Crippen LogP contribution >= 0.6 is 0 Å². The van der Waals surface area contributed by atoms with Crippen LogP contribution < -0.4 is 0 Å². The maximum absolute atomic E-state index is 11.2. The minimum Gasteiger partial charge on any atom is -0.392 e. The SMILES string of the molecule is CC1CCCC(C(O)C23CC4CC(CC(C4)C2)C3)C1. The minimum atomic E-state index is 0.0312. The van der Waals surface area contributed by atoms with Crippen LogP contribution in [0, 0.1) is 35.0 Å². The number of aliphatic hydroxyl groups is 1. The zero-order valence-corrected chi connectivity index (χ0v) is 12.5. The molecule has 0 aromatic rings. The van der Waals surface area contributed by atoms with E-state index in [1.54, 1.807) is 0 Å². The minimum absolute atomic E-state index is 0.0312. The van der Waals surface area contributed by atoms with Crippen LogP contribution in [0.1, 0.15) is 71.1 Å². The first-order valence-electron chi connectivity index (χ1n) is 8.83. The molecule has 5 aliphatic carbocycles. The Morgan fingerprint density at radius 2 is 1.47 bits per heavy atom. The fourth-order valence-corrected chi connectivity index (χ4v) is 6.81. The summed E-state index contributed by atoms with van der Waals surface area (Å²) in [5.74, 6) is 4.40. The van der Waals surface area contributed by atoms with Gasteiger partial charge in [0.1, 0.15) is 0 Å². The summed E-state index contributed by atoms with van der Waals surface area (Å²) in [6.07, 6.45) is 14.0. The Labute approximate surface area is 118 Å². The van der Waals surface area contributed by atoms with Gasteiger partial charge in [0, 0.05) is 0 Å². The van der Waals surface area contributed by atoms with Crippen molar-refractivity contribution in [1.82, 2.24) is 0 Å². The lowest BCUT2D eigenvalue weighted by Gasteiger charge is -2.59. The van der Waals surface area contributed by atoms with E-state index < -0.39 is 0 Å². The largest absolute Gasteiger partial charge is 0.392 e. The molecular formula is C18H30O. The van der Waals surface area contributed by atoms with Crippen LogP contribution in [-0.2, 0) is 0 Å². The zero-order valence-electron chi connectivity index (χ0n) is 12.5. The zero-order chi connectivity index (χ0) is 13.0. The van der Waals surface area contributed by atoms with Crippen molar-refractivity contribution in [3.8, 4) is 0 Å². The molecule has 0 saturated heterocycles. The van der Waals surface area contributed by atoms with E-state index in [4.69, 9.17) is 0 Å². The highest BCUT2D eigenvalue weighted by atomic mass is 16.3. The fourth-order valence-electron chi connectivity index (χ4n) is 6.81. The molecule has 3 atom stereocenters. The van der Waals surface area contributed by atoms with Crippen LogP contribution in [0.25, 0.3) is 0 Å². The van der Waals surface area contributed by atoms with Gasteiger partial charge in [-0.25, -0.2) is 0 Å². The first kappa shape index (κ1) is 12.7. The van der Waals surface area contributed by atoms with Crippen LogP contribution in [-0.4, -0.2) is 11.2 Å². The van der Waals surface area contributed by atoms with Crippen LogP contribution in [0.5, 0.6) is 0 Å². The maximum Gasteiger partial charge on any atom is 0.0624 e. The molecule has 1 nitrogen and oxygen atoms in total. The van der Waals surface area contributed by atoms with Crippen LogP contribution in [0.2, 0.25) is 0 Å². The molecule has 108 valence electrons. The molecule has 0 aromatic carbocycles. The third-order valence-electron chi connectivity index (χ3n) is 7.14. The van der Waals surface area contributed by atoms with Crippen molar-refractivity contribution in [2.45, 2.75) is 77.2 Å². The Kier molecular flexibility index (Phi) is 2.99. The highest BCUT2D eigenvalue weighted by molar-refractivity contribution is 5.05. The van der Waals surface area contributed by atoms with Gasteiger partial charge in [-0.05, 0) is 86.4 Å². The molecule has 4 bridgehead atoms. The molecule has 0 aromatic heterocycles. The second-order valence-electron chi connectivity index (χ2n) is 8.76. The highest BCUT2D eigenvalue weighted by Crippen LogP contribution is 2.62. The molecule has 0 radical (unpaired) electrons. The van der Waals surface area contributed by atoms with Gasteiger partial charge >= 0.3 is 0 Å². The van der Waals surface area contributed by atoms with E-state index in [1.165, 1.54) is 64.2 Å². The van der Waals surface area contributed by atoms with Crippen molar-refractivity contribution in [1.29, 1.82) is 0 Å². The monoisotopic (exact) mass is 262 g/mol. The summed E-state index contributed by atoms with van der Waals surface area (Å²) in [5.41, 5.74) is 0.358. The Morgan fingerprint density at radius 1 is 0.895 bits per heavy atom. The van der Waals surface area contributed by atoms with Crippen molar-refractivity contribution >= 4 is 0 Å². The molecule has 1 heteroatoms. The smallest absolute Gasteiger partial charge is 0.0624 e. The van der Waals surface area contributed by atoms with E-state index in [-0.39, 0.29) is 6.10 Å². The van der Waals surface area contributed by atoms with E-state index in [9.17, 15) is 5.11 Å². The van der Waals surface area contributed by atoms with Crippen molar-refractivity contribution < 1.29 is 5.11 Å². The van der Waals surface area contributed by atoms with Crippen molar-refractivity contribution in [3.63, 3.8) is 0 Å². The summed E-state index contributed by atoms with van der Waals surface area (Å²) in [7, 11) is 0. The average molecular weight is 262 g/mol. The van der Waals surface area contributed by atoms with E-state index in [1.807, 2.05) is 0 Å². The quantitative estimate of drug-likeness (QED) is 0.782. The van der Waals surface area contributed by atoms with Crippen LogP contribution in [0.4, 0.5) is 0 Å². The molecule has 0 spiro atoms. The molecule has 5 saturated carbocycles. The predicted octanol–water partition coefficient (Wildman–Crippen LogP) is 4.39. The first-order chi connectivity index (χ1) is 9.14.